The highest BCUT2D eigenvalue weighted by atomic mass is 35.5. The van der Waals surface area contributed by atoms with Crippen molar-refractivity contribution in [3.05, 3.63) is 17.0 Å². The van der Waals surface area contributed by atoms with Crippen LogP contribution in [0.1, 0.15) is 16.6 Å². The minimum absolute atomic E-state index is 0.0510. The molecule has 1 unspecified atom stereocenters. The molecule has 12 heavy (non-hydrogen) atoms. The Bertz CT molecular complexity index is 280. The Hall–Kier alpha value is -0.540. The topological polar surface area (TPSA) is 26.3 Å². The summed E-state index contributed by atoms with van der Waals surface area (Å²) in [4.78, 5) is 11.9. The quantitative estimate of drug-likeness (QED) is 0.559. The Morgan fingerprint density at radius 3 is 2.75 bits per heavy atom. The van der Waals surface area contributed by atoms with Crippen molar-refractivity contribution in [1.82, 2.24) is 0 Å². The van der Waals surface area contributed by atoms with Crippen molar-refractivity contribution in [2.24, 2.45) is 0 Å². The van der Waals surface area contributed by atoms with Crippen LogP contribution in [0.5, 0.6) is 5.06 Å². The van der Waals surface area contributed by atoms with Crippen molar-refractivity contribution in [1.29, 1.82) is 0 Å². The summed E-state index contributed by atoms with van der Waals surface area (Å²) in [6.45, 7) is 1.66. The Morgan fingerprint density at radius 1 is 1.67 bits per heavy atom. The SMILES string of the molecule is COc1ccc(C(=O)C(C)Cl)s1. The van der Waals surface area contributed by atoms with E-state index in [-0.39, 0.29) is 5.78 Å². The summed E-state index contributed by atoms with van der Waals surface area (Å²) in [6.07, 6.45) is 0. The number of carbonyl (C=O) groups is 1. The molecule has 1 aromatic rings. The van der Waals surface area contributed by atoms with Gasteiger partial charge in [0.1, 0.15) is 0 Å². The summed E-state index contributed by atoms with van der Waals surface area (Å²) in [5, 5.41) is 0.268. The molecule has 0 radical (unpaired) electrons. The van der Waals surface area contributed by atoms with E-state index in [9.17, 15) is 4.79 Å². The molecular formula is C8H9ClO2S. The molecule has 2 nitrogen and oxygen atoms in total. The number of halogens is 1. The molecule has 0 saturated heterocycles. The number of ketones is 1. The first kappa shape index (κ1) is 9.55. The molecule has 1 aromatic heterocycles. The summed E-state index contributed by atoms with van der Waals surface area (Å²) in [7, 11) is 1.57. The average Bonchev–Trinajstić information content (AvgIpc) is 2.50. The molecule has 0 aromatic carbocycles. The second-order valence-electron chi connectivity index (χ2n) is 2.30. The second kappa shape index (κ2) is 3.92. The highest BCUT2D eigenvalue weighted by Gasteiger charge is 2.14. The van der Waals surface area contributed by atoms with Gasteiger partial charge in [-0.3, -0.25) is 4.79 Å². The number of alkyl halides is 1. The van der Waals surface area contributed by atoms with E-state index in [0.717, 1.165) is 5.06 Å². The smallest absolute Gasteiger partial charge is 0.190 e. The van der Waals surface area contributed by atoms with Crippen molar-refractivity contribution in [3.8, 4) is 5.06 Å². The molecule has 0 N–H and O–H groups in total. The fourth-order valence-corrected chi connectivity index (χ4v) is 1.79. The first-order valence-corrected chi connectivity index (χ1v) is 4.72. The van der Waals surface area contributed by atoms with E-state index in [1.165, 1.54) is 11.3 Å². The lowest BCUT2D eigenvalue weighted by molar-refractivity contribution is 0.0995. The van der Waals surface area contributed by atoms with Gasteiger partial charge in [0, 0.05) is 0 Å². The van der Waals surface area contributed by atoms with E-state index in [1.807, 2.05) is 0 Å². The molecular weight excluding hydrogens is 196 g/mol. The van der Waals surface area contributed by atoms with Gasteiger partial charge in [-0.25, -0.2) is 0 Å². The van der Waals surface area contributed by atoms with E-state index in [1.54, 1.807) is 26.2 Å². The molecule has 66 valence electrons. The van der Waals surface area contributed by atoms with Gasteiger partial charge in [0.25, 0.3) is 0 Å². The maximum absolute atomic E-state index is 11.3. The third kappa shape index (κ3) is 1.99. The Morgan fingerprint density at radius 2 is 2.33 bits per heavy atom. The fourth-order valence-electron chi connectivity index (χ4n) is 0.758. The van der Waals surface area contributed by atoms with Crippen LogP contribution < -0.4 is 4.74 Å². The summed E-state index contributed by atoms with van der Waals surface area (Å²) in [5.74, 6) is -0.0510. The number of ether oxygens (including phenoxy) is 1. The summed E-state index contributed by atoms with van der Waals surface area (Å²) in [6, 6.07) is 3.49. The standard InChI is InChI=1S/C8H9ClO2S/c1-5(9)8(10)6-3-4-7(11-2)12-6/h3-5H,1-2H3. The predicted octanol–water partition coefficient (Wildman–Crippen LogP) is 2.57. The fraction of sp³-hybridized carbons (Fsp3) is 0.375. The van der Waals surface area contributed by atoms with Crippen LogP contribution in [0.25, 0.3) is 0 Å². The third-order valence-electron chi connectivity index (χ3n) is 1.39. The second-order valence-corrected chi connectivity index (χ2v) is 4.00. The minimum Gasteiger partial charge on any atom is -0.487 e. The summed E-state index contributed by atoms with van der Waals surface area (Å²) in [5.41, 5.74) is 0. The lowest BCUT2D eigenvalue weighted by Crippen LogP contribution is -2.07. The van der Waals surface area contributed by atoms with Crippen LogP contribution in [-0.4, -0.2) is 18.3 Å². The third-order valence-corrected chi connectivity index (χ3v) is 2.65. The lowest BCUT2D eigenvalue weighted by Gasteiger charge is -1.96. The van der Waals surface area contributed by atoms with Crippen LogP contribution in [0, 0.1) is 0 Å². The van der Waals surface area contributed by atoms with Gasteiger partial charge >= 0.3 is 0 Å². The van der Waals surface area contributed by atoms with E-state index in [2.05, 4.69) is 0 Å². The molecule has 4 heteroatoms. The van der Waals surface area contributed by atoms with Gasteiger partial charge in [-0.2, -0.15) is 0 Å². The van der Waals surface area contributed by atoms with Gasteiger partial charge in [0.15, 0.2) is 10.8 Å². The van der Waals surface area contributed by atoms with Gasteiger partial charge in [0.05, 0.1) is 17.4 Å². The Labute approximate surface area is 80.1 Å². The van der Waals surface area contributed by atoms with E-state index in [4.69, 9.17) is 16.3 Å². The van der Waals surface area contributed by atoms with Crippen LogP contribution >= 0.6 is 22.9 Å². The predicted molar refractivity (Wildman–Crippen MR) is 50.5 cm³/mol. The maximum Gasteiger partial charge on any atom is 0.190 e. The number of hydrogen-bond donors (Lipinski definition) is 0. The number of rotatable bonds is 3. The first-order chi connectivity index (χ1) is 5.65. The summed E-state index contributed by atoms with van der Waals surface area (Å²) < 4.78 is 4.95. The Balaban J connectivity index is 2.82. The van der Waals surface area contributed by atoms with Crippen LogP contribution in [0.2, 0.25) is 0 Å². The number of hydrogen-bond acceptors (Lipinski definition) is 3. The number of carbonyl (C=O) groups excluding carboxylic acids is 1. The summed E-state index contributed by atoms with van der Waals surface area (Å²) >= 11 is 6.94. The molecule has 0 aliphatic rings. The van der Waals surface area contributed by atoms with Gasteiger partial charge in [-0.05, 0) is 19.1 Å². The van der Waals surface area contributed by atoms with Crippen molar-refractivity contribution < 1.29 is 9.53 Å². The minimum atomic E-state index is -0.464. The zero-order valence-electron chi connectivity index (χ0n) is 6.83. The zero-order chi connectivity index (χ0) is 9.14. The van der Waals surface area contributed by atoms with Gasteiger partial charge in [-0.1, -0.05) is 11.3 Å². The van der Waals surface area contributed by atoms with Crippen LogP contribution in [0.4, 0.5) is 0 Å². The molecule has 1 heterocycles. The normalized spacial score (nSPS) is 12.6. The lowest BCUT2D eigenvalue weighted by atomic mass is 10.2. The Kier molecular flexibility index (Phi) is 3.12. The van der Waals surface area contributed by atoms with Crippen molar-refractivity contribution in [2.75, 3.05) is 7.11 Å². The monoisotopic (exact) mass is 204 g/mol. The molecule has 1 atom stereocenters. The van der Waals surface area contributed by atoms with E-state index >= 15 is 0 Å². The van der Waals surface area contributed by atoms with Gasteiger partial charge < -0.3 is 4.74 Å². The van der Waals surface area contributed by atoms with Crippen LogP contribution in [0.15, 0.2) is 12.1 Å². The number of thiophene rings is 1. The van der Waals surface area contributed by atoms with Crippen LogP contribution in [0.3, 0.4) is 0 Å². The van der Waals surface area contributed by atoms with Crippen molar-refractivity contribution >= 4 is 28.7 Å². The van der Waals surface area contributed by atoms with Crippen molar-refractivity contribution in [2.45, 2.75) is 12.3 Å². The zero-order valence-corrected chi connectivity index (χ0v) is 8.41. The van der Waals surface area contributed by atoms with E-state index < -0.39 is 5.38 Å². The molecule has 0 spiro atoms. The highest BCUT2D eigenvalue weighted by molar-refractivity contribution is 7.16. The molecule has 0 saturated carbocycles. The highest BCUT2D eigenvalue weighted by Crippen LogP contribution is 2.25. The average molecular weight is 205 g/mol. The first-order valence-electron chi connectivity index (χ1n) is 3.47. The molecule has 0 aliphatic carbocycles. The molecule has 0 bridgehead atoms. The number of Topliss-reactive ketones (excluding diaryl/α,β-unsaturated/α-hetero) is 1. The van der Waals surface area contributed by atoms with Crippen molar-refractivity contribution in [3.63, 3.8) is 0 Å². The van der Waals surface area contributed by atoms with Gasteiger partial charge in [-0.15, -0.1) is 11.6 Å². The number of methoxy groups -OCH3 is 1. The largest absolute Gasteiger partial charge is 0.487 e. The van der Waals surface area contributed by atoms with E-state index in [0.29, 0.717) is 4.88 Å². The molecule has 0 fully saturated rings. The van der Waals surface area contributed by atoms with Crippen LogP contribution in [-0.2, 0) is 0 Å². The molecule has 1 rings (SSSR count). The molecule has 0 aliphatic heterocycles. The molecule has 0 amide bonds. The maximum atomic E-state index is 11.3. The van der Waals surface area contributed by atoms with Gasteiger partial charge in [0.2, 0.25) is 0 Å².